The summed E-state index contributed by atoms with van der Waals surface area (Å²) in [5.41, 5.74) is 5.30. The van der Waals surface area contributed by atoms with Crippen molar-refractivity contribution in [2.75, 3.05) is 11.9 Å². The van der Waals surface area contributed by atoms with Gasteiger partial charge in [-0.25, -0.2) is 0 Å². The van der Waals surface area contributed by atoms with Crippen LogP contribution in [0.25, 0.3) is 0 Å². The molecule has 0 atom stereocenters. The van der Waals surface area contributed by atoms with Gasteiger partial charge in [0, 0.05) is 17.3 Å². The minimum absolute atomic E-state index is 0.436. The Balaban J connectivity index is 1.76. The molecule has 0 saturated carbocycles. The van der Waals surface area contributed by atoms with Crippen LogP contribution in [0.4, 0.5) is 5.69 Å². The van der Waals surface area contributed by atoms with Crippen molar-refractivity contribution in [1.82, 2.24) is 0 Å². The SMILES string of the molecule is CCOc1cc(CNc2ccc(C)c(Cl)c2)cc(Cl)c1OCc1ccccc1C. The van der Waals surface area contributed by atoms with Crippen LogP contribution in [0.3, 0.4) is 0 Å². The van der Waals surface area contributed by atoms with E-state index >= 15 is 0 Å². The largest absolute Gasteiger partial charge is 0.490 e. The van der Waals surface area contributed by atoms with Gasteiger partial charge in [0.05, 0.1) is 11.6 Å². The van der Waals surface area contributed by atoms with E-state index in [0.717, 1.165) is 27.4 Å². The van der Waals surface area contributed by atoms with E-state index in [1.807, 2.05) is 56.3 Å². The maximum atomic E-state index is 6.55. The molecule has 0 heterocycles. The van der Waals surface area contributed by atoms with Crippen LogP contribution < -0.4 is 14.8 Å². The van der Waals surface area contributed by atoms with Crippen molar-refractivity contribution in [3.63, 3.8) is 0 Å². The van der Waals surface area contributed by atoms with Crippen LogP contribution in [0, 0.1) is 13.8 Å². The second-order valence-corrected chi connectivity index (χ2v) is 7.68. The van der Waals surface area contributed by atoms with E-state index in [2.05, 4.69) is 24.4 Å². The first-order chi connectivity index (χ1) is 14.0. The van der Waals surface area contributed by atoms with E-state index in [-0.39, 0.29) is 0 Å². The van der Waals surface area contributed by atoms with E-state index in [1.54, 1.807) is 0 Å². The summed E-state index contributed by atoms with van der Waals surface area (Å²) in [6.45, 7) is 7.55. The van der Waals surface area contributed by atoms with Crippen LogP contribution in [0.1, 0.15) is 29.2 Å². The standard InChI is InChI=1S/C24H25Cl2NO2/c1-4-28-23-12-18(14-27-20-10-9-17(3)21(25)13-20)11-22(26)24(23)29-15-19-8-6-5-7-16(19)2/h5-13,27H,4,14-15H2,1-3H3. The zero-order valence-electron chi connectivity index (χ0n) is 16.9. The lowest BCUT2D eigenvalue weighted by molar-refractivity contribution is 0.269. The molecule has 152 valence electrons. The van der Waals surface area contributed by atoms with Crippen LogP contribution in [0.15, 0.2) is 54.6 Å². The van der Waals surface area contributed by atoms with Crippen LogP contribution in [-0.2, 0) is 13.2 Å². The number of benzene rings is 3. The molecule has 3 rings (SSSR count). The van der Waals surface area contributed by atoms with Gasteiger partial charge in [-0.2, -0.15) is 0 Å². The van der Waals surface area contributed by atoms with Gasteiger partial charge in [-0.3, -0.25) is 0 Å². The van der Waals surface area contributed by atoms with Crippen LogP contribution >= 0.6 is 23.2 Å². The molecule has 0 bridgehead atoms. The monoisotopic (exact) mass is 429 g/mol. The number of hydrogen-bond acceptors (Lipinski definition) is 3. The molecule has 0 radical (unpaired) electrons. The number of halogens is 2. The van der Waals surface area contributed by atoms with Gasteiger partial charge in [-0.1, -0.05) is 53.5 Å². The first-order valence-electron chi connectivity index (χ1n) is 9.60. The summed E-state index contributed by atoms with van der Waals surface area (Å²) in [7, 11) is 0. The molecule has 0 aliphatic rings. The minimum atomic E-state index is 0.436. The Bertz CT molecular complexity index is 989. The lowest BCUT2D eigenvalue weighted by Gasteiger charge is -2.16. The van der Waals surface area contributed by atoms with Gasteiger partial charge >= 0.3 is 0 Å². The molecule has 29 heavy (non-hydrogen) atoms. The Morgan fingerprint density at radius 2 is 1.66 bits per heavy atom. The normalized spacial score (nSPS) is 10.7. The first kappa shape index (κ1) is 21.4. The first-order valence-corrected chi connectivity index (χ1v) is 10.4. The van der Waals surface area contributed by atoms with Gasteiger partial charge in [0.25, 0.3) is 0 Å². The van der Waals surface area contributed by atoms with Gasteiger partial charge in [0.2, 0.25) is 0 Å². The van der Waals surface area contributed by atoms with Crippen molar-refractivity contribution >= 4 is 28.9 Å². The van der Waals surface area contributed by atoms with Crippen molar-refractivity contribution in [3.8, 4) is 11.5 Å². The fraction of sp³-hybridized carbons (Fsp3) is 0.250. The second-order valence-electron chi connectivity index (χ2n) is 6.87. The van der Waals surface area contributed by atoms with E-state index in [9.17, 15) is 0 Å². The van der Waals surface area contributed by atoms with Gasteiger partial charge in [-0.15, -0.1) is 0 Å². The van der Waals surface area contributed by atoms with Crippen LogP contribution in [0.5, 0.6) is 11.5 Å². The molecule has 1 N–H and O–H groups in total. The molecule has 3 aromatic carbocycles. The molecule has 0 saturated heterocycles. The van der Waals surface area contributed by atoms with E-state index in [0.29, 0.717) is 36.3 Å². The Hall–Kier alpha value is -2.36. The van der Waals surface area contributed by atoms with Crippen molar-refractivity contribution in [2.45, 2.75) is 33.9 Å². The third-order valence-electron chi connectivity index (χ3n) is 4.67. The summed E-state index contributed by atoms with van der Waals surface area (Å²) in [5.74, 6) is 1.21. The predicted molar refractivity (Wildman–Crippen MR) is 122 cm³/mol. The van der Waals surface area contributed by atoms with Crippen molar-refractivity contribution in [3.05, 3.63) is 86.9 Å². The number of nitrogens with one attached hydrogen (secondary N) is 1. The molecule has 0 amide bonds. The molecular formula is C24H25Cl2NO2. The van der Waals surface area contributed by atoms with Crippen molar-refractivity contribution in [2.24, 2.45) is 0 Å². The topological polar surface area (TPSA) is 30.5 Å². The molecule has 0 aliphatic carbocycles. The Morgan fingerprint density at radius 3 is 2.38 bits per heavy atom. The van der Waals surface area contributed by atoms with Crippen molar-refractivity contribution < 1.29 is 9.47 Å². The summed E-state index contributed by atoms with van der Waals surface area (Å²) in [4.78, 5) is 0. The molecule has 0 aliphatic heterocycles. The lowest BCUT2D eigenvalue weighted by atomic mass is 10.1. The molecule has 0 unspecified atom stereocenters. The minimum Gasteiger partial charge on any atom is -0.490 e. The molecule has 5 heteroatoms. The van der Waals surface area contributed by atoms with Gasteiger partial charge in [-0.05, 0) is 67.3 Å². The fourth-order valence-electron chi connectivity index (χ4n) is 2.96. The highest BCUT2D eigenvalue weighted by atomic mass is 35.5. The average molecular weight is 430 g/mol. The van der Waals surface area contributed by atoms with Crippen molar-refractivity contribution in [1.29, 1.82) is 0 Å². The lowest BCUT2D eigenvalue weighted by Crippen LogP contribution is -2.04. The number of ether oxygens (including phenoxy) is 2. The number of rotatable bonds is 8. The maximum absolute atomic E-state index is 6.55. The summed E-state index contributed by atoms with van der Waals surface area (Å²) >= 11 is 12.8. The zero-order chi connectivity index (χ0) is 20.8. The number of aryl methyl sites for hydroxylation is 2. The van der Waals surface area contributed by atoms with Gasteiger partial charge < -0.3 is 14.8 Å². The molecule has 0 fully saturated rings. The summed E-state index contributed by atoms with van der Waals surface area (Å²) in [6, 6.07) is 17.9. The molecule has 0 spiro atoms. The van der Waals surface area contributed by atoms with E-state index < -0.39 is 0 Å². The summed E-state index contributed by atoms with van der Waals surface area (Å²) in [5, 5.41) is 4.64. The second kappa shape index (κ2) is 9.91. The van der Waals surface area contributed by atoms with E-state index in [4.69, 9.17) is 32.7 Å². The number of hydrogen-bond donors (Lipinski definition) is 1. The highest BCUT2D eigenvalue weighted by molar-refractivity contribution is 6.32. The summed E-state index contributed by atoms with van der Waals surface area (Å²) < 4.78 is 11.8. The zero-order valence-corrected chi connectivity index (χ0v) is 18.4. The third-order valence-corrected chi connectivity index (χ3v) is 5.36. The average Bonchev–Trinajstić information content (AvgIpc) is 2.70. The van der Waals surface area contributed by atoms with Crippen LogP contribution in [0.2, 0.25) is 10.0 Å². The third kappa shape index (κ3) is 5.59. The Morgan fingerprint density at radius 1 is 0.862 bits per heavy atom. The Kier molecular flexibility index (Phi) is 7.29. The van der Waals surface area contributed by atoms with E-state index in [1.165, 1.54) is 5.56 Å². The molecule has 3 aromatic rings. The predicted octanol–water partition coefficient (Wildman–Crippen LogP) is 7.20. The van der Waals surface area contributed by atoms with Crippen LogP contribution in [-0.4, -0.2) is 6.61 Å². The maximum Gasteiger partial charge on any atom is 0.180 e. The highest BCUT2D eigenvalue weighted by Gasteiger charge is 2.13. The highest BCUT2D eigenvalue weighted by Crippen LogP contribution is 2.37. The number of anilines is 1. The Labute approximate surface area is 182 Å². The smallest absolute Gasteiger partial charge is 0.180 e. The molecule has 3 nitrogen and oxygen atoms in total. The fourth-order valence-corrected chi connectivity index (χ4v) is 3.42. The molecular weight excluding hydrogens is 405 g/mol. The van der Waals surface area contributed by atoms with Gasteiger partial charge in [0.15, 0.2) is 11.5 Å². The van der Waals surface area contributed by atoms with Gasteiger partial charge in [0.1, 0.15) is 6.61 Å². The quantitative estimate of drug-likeness (QED) is 0.410. The summed E-state index contributed by atoms with van der Waals surface area (Å²) in [6.07, 6.45) is 0. The molecule has 0 aromatic heterocycles.